The van der Waals surface area contributed by atoms with Gasteiger partial charge in [0.25, 0.3) is 0 Å². The summed E-state index contributed by atoms with van der Waals surface area (Å²) < 4.78 is 0.654. The maximum absolute atomic E-state index is 4.43. The van der Waals surface area contributed by atoms with E-state index < -0.39 is 0 Å². The fourth-order valence-corrected chi connectivity index (χ4v) is 21.2. The van der Waals surface area contributed by atoms with Crippen LogP contribution in [0.3, 0.4) is 0 Å². The van der Waals surface area contributed by atoms with Gasteiger partial charge in [0.15, 0.2) is 0 Å². The average Bonchev–Trinajstić information content (AvgIpc) is 2.57. The van der Waals surface area contributed by atoms with Crippen molar-refractivity contribution in [3.63, 3.8) is 0 Å². The molecule has 3 rings (SSSR count). The van der Waals surface area contributed by atoms with Crippen LogP contribution in [0.2, 0.25) is 0 Å². The lowest BCUT2D eigenvalue weighted by molar-refractivity contribution is 0.706. The largest absolute Gasteiger partial charge is 0.168 e. The Bertz CT molecular complexity index is 372. The molecule has 3 fully saturated rings. The van der Waals surface area contributed by atoms with Crippen molar-refractivity contribution in [3.8, 4) is 0 Å². The van der Waals surface area contributed by atoms with Crippen LogP contribution in [0.4, 0.5) is 0 Å². The smallest absolute Gasteiger partial charge is 0.109 e. The van der Waals surface area contributed by atoms with E-state index in [0.29, 0.717) is 6.82 Å². The van der Waals surface area contributed by atoms with E-state index in [1.165, 1.54) is 24.3 Å². The molecule has 3 aliphatic rings. The number of rotatable bonds is 10. The maximum Gasteiger partial charge on any atom is 0.109 e. The molecule has 0 amide bonds. The van der Waals surface area contributed by atoms with E-state index in [9.17, 15) is 0 Å². The highest BCUT2D eigenvalue weighted by Crippen LogP contribution is 2.66. The minimum absolute atomic E-state index is 0.327. The maximum atomic E-state index is 4.43. The minimum Gasteiger partial charge on any atom is -0.168 e. The van der Waals surface area contributed by atoms with Crippen molar-refractivity contribution in [2.75, 3.05) is 31.8 Å². The Morgan fingerprint density at radius 3 is 1.15 bits per heavy atom. The van der Waals surface area contributed by atoms with Crippen molar-refractivity contribution in [1.82, 2.24) is 0 Å². The summed E-state index contributed by atoms with van der Waals surface area (Å²) in [6.07, 6.45) is 2.63. The monoisotopic (exact) mass is 576 g/mol. The van der Waals surface area contributed by atoms with Crippen LogP contribution in [0.1, 0.15) is 12.8 Å². The number of thioether (sulfide) groups is 8. The number of hydrogen-bond donors (Lipinski definition) is 4. The molecule has 0 bridgehead atoms. The Hall–Kier alpha value is 4.20. The van der Waals surface area contributed by atoms with Gasteiger partial charge in [0.2, 0.25) is 0 Å². The summed E-state index contributed by atoms with van der Waals surface area (Å²) in [4.78, 5) is 0. The molecule has 0 aromatic rings. The normalized spacial score (nSPS) is 35.5. The van der Waals surface area contributed by atoms with Crippen molar-refractivity contribution in [1.29, 1.82) is 0 Å². The SMILES string of the molecule is SCSC1(SCS)CC(C2CSC(C3CC(SCS)(SCS)S3)CS2)S1. The molecule has 0 nitrogen and oxygen atoms in total. The highest BCUT2D eigenvalue weighted by Gasteiger charge is 2.52. The van der Waals surface area contributed by atoms with Crippen LogP contribution in [-0.2, 0) is 0 Å². The van der Waals surface area contributed by atoms with Crippen LogP contribution in [0.25, 0.3) is 0 Å². The van der Waals surface area contributed by atoms with Crippen LogP contribution in [0.5, 0.6) is 0 Å². The van der Waals surface area contributed by atoms with Crippen molar-refractivity contribution in [3.05, 3.63) is 0 Å². The van der Waals surface area contributed by atoms with Crippen LogP contribution in [0.15, 0.2) is 0 Å². The molecular weight excluding hydrogens is 553 g/mol. The van der Waals surface area contributed by atoms with Crippen molar-refractivity contribution in [2.24, 2.45) is 0 Å². The summed E-state index contributed by atoms with van der Waals surface area (Å²) in [5.41, 5.74) is 0. The van der Waals surface area contributed by atoms with Gasteiger partial charge in [-0.15, -0.1) is 70.6 Å². The molecule has 0 aromatic carbocycles. The molecule has 12 heteroatoms. The third kappa shape index (κ3) is 6.16. The highest BCUT2D eigenvalue weighted by atomic mass is 32.3. The zero-order valence-corrected chi connectivity index (χ0v) is 24.1. The summed E-state index contributed by atoms with van der Waals surface area (Å²) in [5, 5.41) is 6.91. The lowest BCUT2D eigenvalue weighted by atomic mass is 10.2. The molecule has 0 aliphatic carbocycles. The predicted octanol–water partition coefficient (Wildman–Crippen LogP) is 7.00. The zero-order valence-electron chi connectivity index (χ0n) is 14.0. The fourth-order valence-electron chi connectivity index (χ4n) is 3.16. The third-order valence-electron chi connectivity index (χ3n) is 4.48. The van der Waals surface area contributed by atoms with Gasteiger partial charge in [-0.2, -0.15) is 74.0 Å². The Morgan fingerprint density at radius 2 is 0.923 bits per heavy atom. The molecule has 4 unspecified atom stereocenters. The lowest BCUT2D eigenvalue weighted by Crippen LogP contribution is -2.47. The number of hydrogen-bond acceptors (Lipinski definition) is 12. The molecule has 0 spiro atoms. The van der Waals surface area contributed by atoms with Gasteiger partial charge in [0.1, 0.15) is 6.82 Å². The molecule has 26 heavy (non-hydrogen) atoms. The van der Waals surface area contributed by atoms with Gasteiger partial charge in [0.05, 0.1) is 0 Å². The topological polar surface area (TPSA) is 0 Å². The van der Waals surface area contributed by atoms with E-state index >= 15 is 0 Å². The van der Waals surface area contributed by atoms with Gasteiger partial charge in [-0.25, -0.2) is 0 Å². The minimum atomic E-state index is 0.327. The number of thiol groups is 4. The van der Waals surface area contributed by atoms with Gasteiger partial charge in [-0.1, -0.05) is 0 Å². The molecule has 152 valence electrons. The summed E-state index contributed by atoms with van der Waals surface area (Å²) in [6.45, 7) is 0. The summed E-state index contributed by atoms with van der Waals surface area (Å²) in [7, 11) is 0. The first-order chi connectivity index (χ1) is 12.6. The van der Waals surface area contributed by atoms with Crippen LogP contribution in [0, 0.1) is 0 Å². The van der Waals surface area contributed by atoms with E-state index in [-0.39, 0.29) is 0 Å². The van der Waals surface area contributed by atoms with E-state index in [0.717, 1.165) is 41.3 Å². The first kappa shape index (κ1) is 24.8. The standard InChI is InChI=1S/C14H24S12/c15-5-21-13(22-6-16)1-9(25-13)11-3-20-12(4-19-11)10-2-14(26-10,23-7-17)24-8-18/h9-12,15-18H,1-8H2. The van der Waals surface area contributed by atoms with Gasteiger partial charge >= 0.3 is 0 Å². The van der Waals surface area contributed by atoms with Crippen LogP contribution < -0.4 is 0 Å². The van der Waals surface area contributed by atoms with E-state index in [1.807, 2.05) is 47.0 Å². The van der Waals surface area contributed by atoms with E-state index in [1.54, 1.807) is 0 Å². The fraction of sp³-hybridized carbons (Fsp3) is 1.00. The zero-order chi connectivity index (χ0) is 18.6. The molecule has 4 atom stereocenters. The van der Waals surface area contributed by atoms with Crippen LogP contribution >= 0.6 is 145 Å². The van der Waals surface area contributed by atoms with Crippen molar-refractivity contribution >= 4 is 145 Å². The Balaban J connectivity index is 1.41. The molecule has 0 radical (unpaired) electrons. The second kappa shape index (κ2) is 11.9. The molecule has 0 saturated carbocycles. The van der Waals surface area contributed by atoms with Gasteiger partial charge in [-0.05, 0) is 12.8 Å². The van der Waals surface area contributed by atoms with Crippen LogP contribution in [-0.4, -0.2) is 59.7 Å². The van der Waals surface area contributed by atoms with Gasteiger partial charge < -0.3 is 0 Å². The second-order valence-electron chi connectivity index (χ2n) is 5.92. The lowest BCUT2D eigenvalue weighted by Gasteiger charge is -2.52. The molecular formula is C14H24S12. The van der Waals surface area contributed by atoms with E-state index in [4.69, 9.17) is 0 Å². The van der Waals surface area contributed by atoms with E-state index in [2.05, 4.69) is 97.6 Å². The summed E-state index contributed by atoms with van der Waals surface area (Å²) in [5.74, 6) is 2.65. The van der Waals surface area contributed by atoms with Crippen molar-refractivity contribution < 1.29 is 0 Å². The third-order valence-corrected chi connectivity index (χ3v) is 19.3. The summed E-state index contributed by atoms with van der Waals surface area (Å²) >= 11 is 34.5. The predicted molar refractivity (Wildman–Crippen MR) is 156 cm³/mol. The molecule has 3 heterocycles. The Kier molecular flexibility index (Phi) is 11.4. The second-order valence-corrected chi connectivity index (χ2v) is 21.2. The quantitative estimate of drug-likeness (QED) is 0.160. The van der Waals surface area contributed by atoms with Gasteiger partial charge in [0, 0.05) is 52.8 Å². The summed E-state index contributed by atoms with van der Waals surface area (Å²) in [6, 6.07) is 0. The molecule has 3 saturated heterocycles. The van der Waals surface area contributed by atoms with Crippen molar-refractivity contribution in [2.45, 2.75) is 40.7 Å². The molecule has 3 aliphatic heterocycles. The average molecular weight is 577 g/mol. The van der Waals surface area contributed by atoms with Gasteiger partial charge in [-0.3, -0.25) is 0 Å². The molecule has 0 aromatic heterocycles. The first-order valence-electron chi connectivity index (χ1n) is 8.17. The Labute approximate surface area is 214 Å². The molecule has 0 N–H and O–H groups in total. The Morgan fingerprint density at radius 1 is 0.615 bits per heavy atom. The highest BCUT2D eigenvalue weighted by molar-refractivity contribution is 8.38. The first-order valence-corrected chi connectivity index (χ1v) is 18.5.